The first kappa shape index (κ1) is 51.4. The third-order valence-electron chi connectivity index (χ3n) is 19.4. The van der Waals surface area contributed by atoms with Crippen LogP contribution >= 0.6 is 0 Å². The van der Waals surface area contributed by atoms with Gasteiger partial charge in [0.1, 0.15) is 67.1 Å². The third kappa shape index (κ3) is 7.86. The number of aliphatic carboxylic acids is 2. The van der Waals surface area contributed by atoms with Crippen molar-refractivity contribution in [3.05, 3.63) is 11.6 Å². The second kappa shape index (κ2) is 18.0. The molecule has 67 heavy (non-hydrogen) atoms. The van der Waals surface area contributed by atoms with E-state index < -0.39 is 146 Å². The van der Waals surface area contributed by atoms with Crippen LogP contribution in [0.2, 0.25) is 0 Å². The fourth-order valence-corrected chi connectivity index (χ4v) is 14.9. The molecule has 0 aromatic rings. The minimum atomic E-state index is -2.04. The highest BCUT2D eigenvalue weighted by atomic mass is 16.8. The molecule has 24 atom stereocenters. The van der Waals surface area contributed by atoms with Crippen molar-refractivity contribution in [3.8, 4) is 0 Å². The quantitative estimate of drug-likeness (QED) is 0.0990. The summed E-state index contributed by atoms with van der Waals surface area (Å²) in [6.45, 7) is 11.4. The number of carbonyl (C=O) groups is 2. The van der Waals surface area contributed by atoms with Gasteiger partial charge in [0.15, 0.2) is 25.2 Å². The van der Waals surface area contributed by atoms with Gasteiger partial charge in [-0.25, -0.2) is 0 Å². The van der Waals surface area contributed by atoms with Crippen LogP contribution in [0.3, 0.4) is 0 Å². The zero-order valence-electron chi connectivity index (χ0n) is 39.2. The molecule has 8 rings (SSSR count). The summed E-state index contributed by atoms with van der Waals surface area (Å²) in [5.41, 5.74) is -2.36. The third-order valence-corrected chi connectivity index (χ3v) is 19.4. The molecule has 0 spiro atoms. The van der Waals surface area contributed by atoms with Gasteiger partial charge in [0.2, 0.25) is 0 Å². The minimum absolute atomic E-state index is 0.0710. The molecular formula is C47H74O20. The van der Waals surface area contributed by atoms with Crippen molar-refractivity contribution in [2.24, 2.45) is 50.2 Å². The summed E-state index contributed by atoms with van der Waals surface area (Å²) in [5, 5.41) is 127. The van der Waals surface area contributed by atoms with E-state index in [1.807, 2.05) is 0 Å². The van der Waals surface area contributed by atoms with Gasteiger partial charge in [-0.05, 0) is 111 Å². The smallest absolute Gasteiger partial charge is 0.310 e. The highest BCUT2D eigenvalue weighted by Crippen LogP contribution is 2.76. The van der Waals surface area contributed by atoms with E-state index in [1.165, 1.54) is 0 Å². The largest absolute Gasteiger partial charge is 0.481 e. The fraction of sp³-hybridized carbons (Fsp3) is 0.915. The van der Waals surface area contributed by atoms with E-state index >= 15 is 0 Å². The zero-order valence-corrected chi connectivity index (χ0v) is 39.2. The summed E-state index contributed by atoms with van der Waals surface area (Å²) in [4.78, 5) is 25.8. The lowest BCUT2D eigenvalue weighted by Crippen LogP contribution is -2.68. The Balaban J connectivity index is 1.06. The van der Waals surface area contributed by atoms with E-state index in [2.05, 4.69) is 40.7 Å². The predicted molar refractivity (Wildman–Crippen MR) is 228 cm³/mol. The number of ether oxygens (including phenoxy) is 6. The molecule has 3 aliphatic heterocycles. The van der Waals surface area contributed by atoms with Crippen molar-refractivity contribution in [2.45, 2.75) is 204 Å². The Morgan fingerprint density at radius 1 is 0.612 bits per heavy atom. The number of carboxylic acids is 2. The van der Waals surface area contributed by atoms with Gasteiger partial charge in [-0.15, -0.1) is 0 Å². The molecule has 20 heteroatoms. The molecule has 0 bridgehead atoms. The summed E-state index contributed by atoms with van der Waals surface area (Å²) in [6.07, 6.45) is -19.4. The Hall–Kier alpha value is -1.96. The Kier molecular flexibility index (Phi) is 13.8. The van der Waals surface area contributed by atoms with Gasteiger partial charge in [0, 0.05) is 0 Å². The fourth-order valence-electron chi connectivity index (χ4n) is 14.9. The highest BCUT2D eigenvalue weighted by molar-refractivity contribution is 5.79. The lowest BCUT2D eigenvalue weighted by molar-refractivity contribution is -0.406. The number of carboxylic acid groups (broad SMARTS) is 2. The first-order chi connectivity index (χ1) is 31.3. The van der Waals surface area contributed by atoms with Gasteiger partial charge >= 0.3 is 11.9 Å². The first-order valence-corrected chi connectivity index (χ1v) is 24.0. The molecule has 3 saturated heterocycles. The Labute approximate surface area is 389 Å². The van der Waals surface area contributed by atoms with Crippen molar-refractivity contribution in [3.63, 3.8) is 0 Å². The van der Waals surface area contributed by atoms with Gasteiger partial charge < -0.3 is 89.7 Å². The lowest BCUT2D eigenvalue weighted by Gasteiger charge is -2.71. The second-order valence-electron chi connectivity index (χ2n) is 22.8. The number of allylic oxidation sites excluding steroid dienone is 2. The molecule has 5 aliphatic carbocycles. The highest BCUT2D eigenvalue weighted by Gasteiger charge is 2.70. The number of rotatable bonds is 10. The average molecular weight is 959 g/mol. The molecule has 382 valence electrons. The van der Waals surface area contributed by atoms with Gasteiger partial charge in [-0.3, -0.25) is 9.59 Å². The lowest BCUT2D eigenvalue weighted by atomic mass is 9.33. The number of hydrogen-bond donors (Lipinski definition) is 12. The van der Waals surface area contributed by atoms with E-state index in [9.17, 15) is 70.9 Å². The minimum Gasteiger partial charge on any atom is -0.481 e. The molecule has 8 aliphatic rings. The van der Waals surface area contributed by atoms with Crippen molar-refractivity contribution in [1.82, 2.24) is 0 Å². The number of aliphatic hydroxyl groups is 10. The van der Waals surface area contributed by atoms with Gasteiger partial charge in [0.25, 0.3) is 0 Å². The van der Waals surface area contributed by atoms with Crippen LogP contribution in [-0.2, 0) is 38.0 Å². The molecular weight excluding hydrogens is 884 g/mol. The topological polar surface area (TPSA) is 332 Å². The van der Waals surface area contributed by atoms with Crippen LogP contribution in [0.4, 0.5) is 0 Å². The monoisotopic (exact) mass is 958 g/mol. The van der Waals surface area contributed by atoms with Crippen LogP contribution in [-0.4, -0.2) is 185 Å². The van der Waals surface area contributed by atoms with Crippen LogP contribution in [0.1, 0.15) is 106 Å². The summed E-state index contributed by atoms with van der Waals surface area (Å²) in [6, 6.07) is 0. The number of hydrogen-bond acceptors (Lipinski definition) is 18. The number of fused-ring (bicyclic) bond motifs is 7. The summed E-state index contributed by atoms with van der Waals surface area (Å²) in [5.74, 6) is -1.89. The SMILES string of the molecule is CC1(C(=O)O)CCC2(C(=O)O)CCC3(C)C(=CCC4C5(C)CCC(OC6OC(CO)C(O)C(O)C6OC6OC(CO)C(O)C(O)C6OC6OC(O)C(O)C(O)C6O)C(C)(C)C5CCC43C)C2C1. The van der Waals surface area contributed by atoms with Crippen LogP contribution in [0.25, 0.3) is 0 Å². The maximum atomic E-state index is 13.2. The molecule has 24 unspecified atom stereocenters. The molecule has 12 N–H and O–H groups in total. The number of aliphatic hydroxyl groups excluding tert-OH is 10. The molecule has 0 aromatic heterocycles. The summed E-state index contributed by atoms with van der Waals surface area (Å²) in [7, 11) is 0. The maximum absolute atomic E-state index is 13.2. The molecule has 0 radical (unpaired) electrons. The molecule has 4 saturated carbocycles. The maximum Gasteiger partial charge on any atom is 0.310 e. The Bertz CT molecular complexity index is 1880. The first-order valence-electron chi connectivity index (χ1n) is 24.0. The average Bonchev–Trinajstić information content (AvgIpc) is 3.27. The Morgan fingerprint density at radius 3 is 1.75 bits per heavy atom. The molecule has 20 nitrogen and oxygen atoms in total. The van der Waals surface area contributed by atoms with Crippen molar-refractivity contribution in [2.75, 3.05) is 13.2 Å². The van der Waals surface area contributed by atoms with E-state index in [4.69, 9.17) is 28.4 Å². The molecule has 3 heterocycles. The van der Waals surface area contributed by atoms with Gasteiger partial charge in [-0.2, -0.15) is 0 Å². The van der Waals surface area contributed by atoms with E-state index in [1.54, 1.807) is 6.92 Å². The molecule has 0 amide bonds. The molecule has 0 aromatic carbocycles. The standard InChI is InChI=1S/C47H74O20/c1-42(2)24-9-12-46(6)25(8-7-20-21-17-43(3,40(58)59)13-15-47(21,41(60)61)16-14-45(20,46)5)44(24,4)11-10-26(42)64-38-34(30(53)27(50)22(18-48)62-38)66-39-35(31(54)28(51)23(19-49)63-39)65-37-33(56)29(52)32(55)36(57)67-37/h7,21-39,48-57H,8-19H2,1-6H3,(H,58,59)(H,60,61). The second-order valence-corrected chi connectivity index (χ2v) is 22.8. The van der Waals surface area contributed by atoms with Crippen LogP contribution in [0.5, 0.6) is 0 Å². The van der Waals surface area contributed by atoms with Crippen molar-refractivity contribution < 1.29 is 99.3 Å². The summed E-state index contributed by atoms with van der Waals surface area (Å²) >= 11 is 0. The van der Waals surface area contributed by atoms with Crippen molar-refractivity contribution in [1.29, 1.82) is 0 Å². The van der Waals surface area contributed by atoms with Gasteiger partial charge in [-0.1, -0.05) is 46.3 Å². The van der Waals surface area contributed by atoms with Crippen LogP contribution in [0.15, 0.2) is 11.6 Å². The van der Waals surface area contributed by atoms with Gasteiger partial charge in [0.05, 0.1) is 30.1 Å². The van der Waals surface area contributed by atoms with Crippen LogP contribution < -0.4 is 0 Å². The Morgan fingerprint density at radius 2 is 1.18 bits per heavy atom. The van der Waals surface area contributed by atoms with Crippen LogP contribution in [0, 0.1) is 50.2 Å². The zero-order chi connectivity index (χ0) is 49.1. The van der Waals surface area contributed by atoms with E-state index in [-0.39, 0.29) is 34.5 Å². The van der Waals surface area contributed by atoms with Crippen molar-refractivity contribution >= 4 is 11.9 Å². The van der Waals surface area contributed by atoms with E-state index in [0.29, 0.717) is 44.9 Å². The summed E-state index contributed by atoms with van der Waals surface area (Å²) < 4.78 is 35.9. The predicted octanol–water partition coefficient (Wildman–Crippen LogP) is -0.272. The molecule has 7 fully saturated rings. The normalized spacial score (nSPS) is 54.1. The van der Waals surface area contributed by atoms with E-state index in [0.717, 1.165) is 18.4 Å².